The van der Waals surface area contributed by atoms with Gasteiger partial charge in [-0.15, -0.1) is 11.3 Å². The Hall–Kier alpha value is -2.99. The van der Waals surface area contributed by atoms with Crippen molar-refractivity contribution in [2.75, 3.05) is 45.8 Å². The third kappa shape index (κ3) is 5.01. The smallest absolute Gasteiger partial charge is 0.275 e. The van der Waals surface area contributed by atoms with Crippen LogP contribution in [0.25, 0.3) is 10.6 Å². The Morgan fingerprint density at radius 2 is 1.82 bits per heavy atom. The number of nitrogens with one attached hydrogen (secondary N) is 1. The van der Waals surface area contributed by atoms with Gasteiger partial charge in [-0.2, -0.15) is 4.31 Å². The van der Waals surface area contributed by atoms with E-state index in [-0.39, 0.29) is 29.4 Å². The predicted octanol–water partition coefficient (Wildman–Crippen LogP) is 3.10. The molecule has 0 radical (unpaired) electrons. The van der Waals surface area contributed by atoms with Gasteiger partial charge >= 0.3 is 0 Å². The largest absolute Gasteiger partial charge is 0.497 e. The molecule has 1 aliphatic rings. The van der Waals surface area contributed by atoms with Crippen molar-refractivity contribution in [2.24, 2.45) is 0 Å². The molecule has 4 rings (SSSR count). The van der Waals surface area contributed by atoms with E-state index in [1.807, 2.05) is 24.3 Å². The van der Waals surface area contributed by atoms with Crippen LogP contribution >= 0.6 is 11.3 Å². The maximum absolute atomic E-state index is 13.1. The summed E-state index contributed by atoms with van der Waals surface area (Å²) in [5.74, 6) is 0.497. The minimum absolute atomic E-state index is 0.0121. The van der Waals surface area contributed by atoms with E-state index in [0.717, 1.165) is 11.3 Å². The fourth-order valence-corrected chi connectivity index (χ4v) is 5.72. The number of anilines is 1. The zero-order valence-corrected chi connectivity index (χ0v) is 19.7. The molecule has 2 aromatic carbocycles. The van der Waals surface area contributed by atoms with Gasteiger partial charge in [-0.05, 0) is 42.5 Å². The first-order valence-electron chi connectivity index (χ1n) is 10.1. The zero-order valence-electron chi connectivity index (χ0n) is 18.1. The number of sulfonamides is 1. The fourth-order valence-electron chi connectivity index (χ4n) is 3.32. The van der Waals surface area contributed by atoms with Gasteiger partial charge in [0.05, 0.1) is 27.4 Å². The number of amides is 1. The van der Waals surface area contributed by atoms with E-state index in [9.17, 15) is 13.2 Å². The number of thiazole rings is 1. The van der Waals surface area contributed by atoms with E-state index < -0.39 is 15.9 Å². The first-order chi connectivity index (χ1) is 15.9. The van der Waals surface area contributed by atoms with Gasteiger partial charge in [0.2, 0.25) is 10.0 Å². The van der Waals surface area contributed by atoms with Crippen molar-refractivity contribution >= 4 is 33.0 Å². The van der Waals surface area contributed by atoms with E-state index in [1.54, 1.807) is 18.6 Å². The lowest BCUT2D eigenvalue weighted by Gasteiger charge is -2.26. The van der Waals surface area contributed by atoms with Gasteiger partial charge in [-0.1, -0.05) is 0 Å². The lowest BCUT2D eigenvalue weighted by atomic mass is 10.2. The Balaban J connectivity index is 1.55. The minimum Gasteiger partial charge on any atom is -0.497 e. The van der Waals surface area contributed by atoms with Crippen molar-refractivity contribution < 1.29 is 27.4 Å². The summed E-state index contributed by atoms with van der Waals surface area (Å²) in [7, 11) is -0.813. The zero-order chi connectivity index (χ0) is 23.4. The average Bonchev–Trinajstić information content (AvgIpc) is 3.35. The highest BCUT2D eigenvalue weighted by Gasteiger charge is 2.29. The van der Waals surface area contributed by atoms with Crippen LogP contribution in [0.4, 0.5) is 5.69 Å². The highest BCUT2D eigenvalue weighted by atomic mass is 32.2. The van der Waals surface area contributed by atoms with E-state index in [0.29, 0.717) is 23.9 Å². The number of nitrogens with zero attached hydrogens (tertiary/aromatic N) is 2. The minimum atomic E-state index is -3.81. The van der Waals surface area contributed by atoms with Crippen LogP contribution in [0.2, 0.25) is 0 Å². The summed E-state index contributed by atoms with van der Waals surface area (Å²) in [6, 6.07) is 11.9. The van der Waals surface area contributed by atoms with Gasteiger partial charge in [-0.3, -0.25) is 4.79 Å². The summed E-state index contributed by atoms with van der Waals surface area (Å²) < 4.78 is 43.3. The predicted molar refractivity (Wildman–Crippen MR) is 125 cm³/mol. The van der Waals surface area contributed by atoms with Gasteiger partial charge < -0.3 is 19.5 Å². The van der Waals surface area contributed by atoms with E-state index in [4.69, 9.17) is 14.2 Å². The Kier molecular flexibility index (Phi) is 6.94. The molecule has 33 heavy (non-hydrogen) atoms. The topological polar surface area (TPSA) is 107 Å². The summed E-state index contributed by atoms with van der Waals surface area (Å²) >= 11 is 1.34. The number of aromatic nitrogens is 1. The Morgan fingerprint density at radius 1 is 1.09 bits per heavy atom. The van der Waals surface area contributed by atoms with Crippen molar-refractivity contribution in [1.82, 2.24) is 9.29 Å². The number of carbonyl (C=O) groups is 1. The lowest BCUT2D eigenvalue weighted by molar-refractivity contribution is 0.0729. The Bertz CT molecular complexity index is 1240. The molecule has 0 unspecified atom stereocenters. The molecule has 0 bridgehead atoms. The van der Waals surface area contributed by atoms with Crippen LogP contribution in [0.1, 0.15) is 10.5 Å². The molecule has 0 atom stereocenters. The van der Waals surface area contributed by atoms with Crippen molar-refractivity contribution in [1.29, 1.82) is 0 Å². The molecule has 174 valence electrons. The van der Waals surface area contributed by atoms with Gasteiger partial charge in [0.25, 0.3) is 5.91 Å². The molecular formula is C22H23N3O6S2. The number of hydrogen-bond acceptors (Lipinski definition) is 8. The van der Waals surface area contributed by atoms with Gasteiger partial charge in [0.15, 0.2) is 0 Å². The third-order valence-corrected chi connectivity index (χ3v) is 7.89. The molecule has 3 aromatic rings. The van der Waals surface area contributed by atoms with Crippen LogP contribution in [0.15, 0.2) is 52.7 Å². The molecule has 11 heteroatoms. The van der Waals surface area contributed by atoms with Crippen molar-refractivity contribution in [3.8, 4) is 22.1 Å². The molecule has 1 aromatic heterocycles. The van der Waals surface area contributed by atoms with Gasteiger partial charge in [-0.25, -0.2) is 13.4 Å². The molecule has 1 amide bonds. The van der Waals surface area contributed by atoms with E-state index >= 15 is 0 Å². The van der Waals surface area contributed by atoms with Crippen molar-refractivity contribution in [3.63, 3.8) is 0 Å². The second-order valence-electron chi connectivity index (χ2n) is 7.10. The number of rotatable bonds is 7. The molecule has 1 fully saturated rings. The summed E-state index contributed by atoms with van der Waals surface area (Å²) in [5, 5.41) is 5.07. The molecule has 1 N–H and O–H groups in total. The second-order valence-corrected chi connectivity index (χ2v) is 9.87. The molecule has 1 aliphatic heterocycles. The Labute approximate surface area is 196 Å². The highest BCUT2D eigenvalue weighted by molar-refractivity contribution is 7.89. The van der Waals surface area contributed by atoms with Crippen LogP contribution < -0.4 is 14.8 Å². The SMILES string of the molecule is COc1ccc(-c2nc(C(=O)Nc3ccc(OC)c(S(=O)(=O)N4CCOCC4)c3)cs2)cc1. The van der Waals surface area contributed by atoms with E-state index in [2.05, 4.69) is 10.3 Å². The Morgan fingerprint density at radius 3 is 2.48 bits per heavy atom. The average molecular weight is 490 g/mol. The molecule has 2 heterocycles. The first-order valence-corrected chi connectivity index (χ1v) is 12.4. The number of benzene rings is 2. The first kappa shape index (κ1) is 23.2. The molecule has 0 spiro atoms. The highest BCUT2D eigenvalue weighted by Crippen LogP contribution is 2.31. The third-order valence-electron chi connectivity index (χ3n) is 5.08. The fraction of sp³-hybridized carbons (Fsp3) is 0.273. The monoisotopic (exact) mass is 489 g/mol. The summed E-state index contributed by atoms with van der Waals surface area (Å²) in [6.07, 6.45) is 0. The van der Waals surface area contributed by atoms with Gasteiger partial charge in [0.1, 0.15) is 27.1 Å². The summed E-state index contributed by atoms with van der Waals surface area (Å²) in [6.45, 7) is 1.18. The molecule has 9 nitrogen and oxygen atoms in total. The van der Waals surface area contributed by atoms with Crippen molar-refractivity contribution in [3.05, 3.63) is 53.5 Å². The van der Waals surface area contributed by atoms with Crippen LogP contribution in [0.5, 0.6) is 11.5 Å². The molecule has 0 aliphatic carbocycles. The van der Waals surface area contributed by atoms with Crippen LogP contribution in [0, 0.1) is 0 Å². The standard InChI is InChI=1S/C22H23N3O6S2/c1-29-17-6-3-15(4-7-17)22-24-18(14-32-22)21(26)23-16-5-8-19(30-2)20(13-16)33(27,28)25-9-11-31-12-10-25/h3-8,13-14H,9-12H2,1-2H3,(H,23,26). The normalized spacial score (nSPS) is 14.6. The molecule has 0 saturated carbocycles. The number of ether oxygens (including phenoxy) is 3. The maximum Gasteiger partial charge on any atom is 0.275 e. The lowest BCUT2D eigenvalue weighted by Crippen LogP contribution is -2.40. The summed E-state index contributed by atoms with van der Waals surface area (Å²) in [5.41, 5.74) is 1.43. The van der Waals surface area contributed by atoms with Gasteiger partial charge in [0, 0.05) is 29.7 Å². The number of methoxy groups -OCH3 is 2. The molecule has 1 saturated heterocycles. The number of morpholine rings is 1. The number of carbonyl (C=O) groups excluding carboxylic acids is 1. The van der Waals surface area contributed by atoms with Crippen LogP contribution in [0.3, 0.4) is 0 Å². The van der Waals surface area contributed by atoms with Crippen LogP contribution in [-0.4, -0.2) is 64.1 Å². The van der Waals surface area contributed by atoms with Crippen molar-refractivity contribution in [2.45, 2.75) is 4.90 Å². The maximum atomic E-state index is 13.1. The van der Waals surface area contributed by atoms with Crippen LogP contribution in [-0.2, 0) is 14.8 Å². The molecular weight excluding hydrogens is 466 g/mol. The summed E-state index contributed by atoms with van der Waals surface area (Å²) in [4.78, 5) is 17.2. The quantitative estimate of drug-likeness (QED) is 0.543. The van der Waals surface area contributed by atoms with E-state index in [1.165, 1.54) is 34.9 Å². The second kappa shape index (κ2) is 9.87. The number of hydrogen-bond donors (Lipinski definition) is 1.